The van der Waals surface area contributed by atoms with Crippen LogP contribution in [0.2, 0.25) is 0 Å². The Hall–Kier alpha value is -3.92. The summed E-state index contributed by atoms with van der Waals surface area (Å²) >= 11 is 0. The number of carboxylic acid groups (broad SMARTS) is 1. The highest BCUT2D eigenvalue weighted by atomic mass is 16.4. The largest absolute Gasteiger partial charge is 0.480 e. The lowest BCUT2D eigenvalue weighted by Crippen LogP contribution is -2.44. The lowest BCUT2D eigenvalue weighted by Gasteiger charge is -2.20. The van der Waals surface area contributed by atoms with E-state index < -0.39 is 17.9 Å². The van der Waals surface area contributed by atoms with Crippen molar-refractivity contribution in [3.63, 3.8) is 0 Å². The summed E-state index contributed by atoms with van der Waals surface area (Å²) in [5, 5.41) is 14.7. The van der Waals surface area contributed by atoms with Gasteiger partial charge in [0.25, 0.3) is 0 Å². The molecule has 1 aliphatic rings. The van der Waals surface area contributed by atoms with Crippen LogP contribution in [0.3, 0.4) is 0 Å². The summed E-state index contributed by atoms with van der Waals surface area (Å²) in [7, 11) is 0. The Kier molecular flexibility index (Phi) is 4.75. The molecular formula is C27H21NO3. The van der Waals surface area contributed by atoms with Crippen molar-refractivity contribution >= 4 is 22.6 Å². The van der Waals surface area contributed by atoms with Crippen LogP contribution in [-0.4, -0.2) is 23.0 Å². The lowest BCUT2D eigenvalue weighted by molar-refractivity contribution is -0.141. The molecule has 0 saturated carbocycles. The molecule has 4 heteroatoms. The third kappa shape index (κ3) is 3.36. The molecule has 4 aromatic rings. The summed E-state index contributed by atoms with van der Waals surface area (Å²) in [4.78, 5) is 25.4. The number of aliphatic carboxylic acids is 1. The Balaban J connectivity index is 1.46. The number of nitrogens with one attached hydrogen (secondary N) is 1. The first kappa shape index (κ1) is 19.1. The van der Waals surface area contributed by atoms with Crippen LogP contribution >= 0.6 is 0 Å². The number of benzene rings is 4. The van der Waals surface area contributed by atoms with Gasteiger partial charge in [0.05, 0.1) is 5.92 Å². The molecular weight excluding hydrogens is 386 g/mol. The molecule has 0 fully saturated rings. The van der Waals surface area contributed by atoms with Gasteiger partial charge in [-0.25, -0.2) is 4.79 Å². The third-order valence-electron chi connectivity index (χ3n) is 6.01. The monoisotopic (exact) mass is 407 g/mol. The highest BCUT2D eigenvalue weighted by Crippen LogP contribution is 2.44. The van der Waals surface area contributed by atoms with Gasteiger partial charge in [0.1, 0.15) is 6.04 Å². The maximum absolute atomic E-state index is 13.4. The summed E-state index contributed by atoms with van der Waals surface area (Å²) in [6.07, 6.45) is 0.221. The van der Waals surface area contributed by atoms with Crippen molar-refractivity contribution in [2.45, 2.75) is 18.4 Å². The normalized spacial score (nSPS) is 13.4. The molecule has 31 heavy (non-hydrogen) atoms. The van der Waals surface area contributed by atoms with Crippen molar-refractivity contribution in [2.24, 2.45) is 0 Å². The van der Waals surface area contributed by atoms with Gasteiger partial charge >= 0.3 is 5.97 Å². The summed E-state index contributed by atoms with van der Waals surface area (Å²) < 4.78 is 0. The van der Waals surface area contributed by atoms with Crippen LogP contribution in [0.25, 0.3) is 21.9 Å². The van der Waals surface area contributed by atoms with E-state index >= 15 is 0 Å². The van der Waals surface area contributed by atoms with E-state index in [4.69, 9.17) is 0 Å². The minimum absolute atomic E-state index is 0.221. The van der Waals surface area contributed by atoms with Crippen LogP contribution in [0.4, 0.5) is 0 Å². The summed E-state index contributed by atoms with van der Waals surface area (Å²) in [5.41, 5.74) is 4.78. The van der Waals surface area contributed by atoms with Crippen molar-refractivity contribution in [3.05, 3.63) is 108 Å². The summed E-state index contributed by atoms with van der Waals surface area (Å²) in [6.45, 7) is 0. The van der Waals surface area contributed by atoms with Crippen molar-refractivity contribution in [1.29, 1.82) is 0 Å². The second-order valence-corrected chi connectivity index (χ2v) is 7.85. The molecule has 0 bridgehead atoms. The van der Waals surface area contributed by atoms with Gasteiger partial charge in [0.2, 0.25) is 5.91 Å². The molecule has 0 heterocycles. The second kappa shape index (κ2) is 7.73. The molecule has 0 saturated heterocycles. The van der Waals surface area contributed by atoms with Gasteiger partial charge in [-0.2, -0.15) is 0 Å². The predicted octanol–water partition coefficient (Wildman–Crippen LogP) is 4.76. The Morgan fingerprint density at radius 3 is 2.03 bits per heavy atom. The summed E-state index contributed by atoms with van der Waals surface area (Å²) in [5.74, 6) is -1.84. The highest BCUT2D eigenvalue weighted by molar-refractivity contribution is 5.98. The molecule has 2 N–H and O–H groups in total. The topological polar surface area (TPSA) is 66.4 Å². The first-order chi connectivity index (χ1) is 15.1. The fraction of sp³-hybridized carbons (Fsp3) is 0.111. The molecule has 5 rings (SSSR count). The van der Waals surface area contributed by atoms with E-state index in [1.165, 1.54) is 0 Å². The van der Waals surface area contributed by atoms with Gasteiger partial charge in [-0.1, -0.05) is 91.0 Å². The van der Waals surface area contributed by atoms with Gasteiger partial charge < -0.3 is 10.4 Å². The molecule has 0 spiro atoms. The number of rotatable bonds is 5. The Morgan fingerprint density at radius 1 is 0.774 bits per heavy atom. The highest BCUT2D eigenvalue weighted by Gasteiger charge is 2.35. The molecule has 0 unspecified atom stereocenters. The van der Waals surface area contributed by atoms with Crippen LogP contribution < -0.4 is 5.32 Å². The fourth-order valence-corrected chi connectivity index (χ4v) is 4.58. The van der Waals surface area contributed by atoms with Gasteiger partial charge in [-0.05, 0) is 38.6 Å². The van der Waals surface area contributed by atoms with Gasteiger partial charge in [-0.3, -0.25) is 4.79 Å². The quantitative estimate of drug-likeness (QED) is 0.501. The summed E-state index contributed by atoms with van der Waals surface area (Å²) in [6, 6.07) is 28.3. The van der Waals surface area contributed by atoms with E-state index in [2.05, 4.69) is 5.32 Å². The first-order valence-electron chi connectivity index (χ1n) is 10.3. The number of carbonyl (C=O) groups excluding carboxylic acids is 1. The van der Waals surface area contributed by atoms with E-state index in [0.29, 0.717) is 0 Å². The molecule has 4 nitrogen and oxygen atoms in total. The molecule has 4 aromatic carbocycles. The zero-order valence-electron chi connectivity index (χ0n) is 16.8. The molecule has 152 valence electrons. The van der Waals surface area contributed by atoms with Crippen LogP contribution in [0.15, 0.2) is 91.0 Å². The smallest absolute Gasteiger partial charge is 0.326 e. The average molecular weight is 407 g/mol. The van der Waals surface area contributed by atoms with Crippen molar-refractivity contribution < 1.29 is 14.7 Å². The Morgan fingerprint density at radius 2 is 1.35 bits per heavy atom. The van der Waals surface area contributed by atoms with E-state index in [9.17, 15) is 14.7 Å². The average Bonchev–Trinajstić information content (AvgIpc) is 3.13. The minimum Gasteiger partial charge on any atom is -0.480 e. The first-order valence-corrected chi connectivity index (χ1v) is 10.3. The van der Waals surface area contributed by atoms with Gasteiger partial charge in [0.15, 0.2) is 0 Å². The molecule has 1 amide bonds. The molecule has 0 aliphatic heterocycles. The van der Waals surface area contributed by atoms with Crippen LogP contribution in [0.5, 0.6) is 0 Å². The van der Waals surface area contributed by atoms with Crippen molar-refractivity contribution in [2.75, 3.05) is 0 Å². The molecule has 1 atom stereocenters. The number of hydrogen-bond donors (Lipinski definition) is 2. The fourth-order valence-electron chi connectivity index (χ4n) is 4.58. The Bertz CT molecular complexity index is 1260. The van der Waals surface area contributed by atoms with Crippen molar-refractivity contribution in [1.82, 2.24) is 5.32 Å². The predicted molar refractivity (Wildman–Crippen MR) is 121 cm³/mol. The third-order valence-corrected chi connectivity index (χ3v) is 6.01. The van der Waals surface area contributed by atoms with Gasteiger partial charge in [0, 0.05) is 6.42 Å². The lowest BCUT2D eigenvalue weighted by atomic mass is 9.94. The number of carboxylic acids is 1. The van der Waals surface area contributed by atoms with Crippen LogP contribution in [0.1, 0.15) is 22.6 Å². The van der Waals surface area contributed by atoms with E-state index in [0.717, 1.165) is 38.6 Å². The Labute approximate surface area is 180 Å². The van der Waals surface area contributed by atoms with E-state index in [1.807, 2.05) is 91.0 Å². The second-order valence-electron chi connectivity index (χ2n) is 7.85. The zero-order chi connectivity index (χ0) is 21.4. The maximum atomic E-state index is 13.4. The molecule has 1 aliphatic carbocycles. The maximum Gasteiger partial charge on any atom is 0.326 e. The van der Waals surface area contributed by atoms with Gasteiger partial charge in [-0.15, -0.1) is 0 Å². The van der Waals surface area contributed by atoms with E-state index in [1.54, 1.807) is 0 Å². The zero-order valence-corrected chi connectivity index (χ0v) is 16.8. The number of fused-ring (bicyclic) bond motifs is 4. The molecule has 0 radical (unpaired) electrons. The number of carbonyl (C=O) groups is 2. The van der Waals surface area contributed by atoms with Crippen LogP contribution in [0, 0.1) is 0 Å². The van der Waals surface area contributed by atoms with Crippen LogP contribution in [-0.2, 0) is 16.0 Å². The number of hydrogen-bond acceptors (Lipinski definition) is 2. The van der Waals surface area contributed by atoms with Crippen molar-refractivity contribution in [3.8, 4) is 11.1 Å². The number of amides is 1. The molecule has 0 aromatic heterocycles. The SMILES string of the molecule is O=C(N[C@H](Cc1cccc2ccccc12)C(=O)O)C1c2ccccc2-c2ccccc21. The minimum atomic E-state index is -1.04. The standard InChI is InChI=1S/C27H21NO3/c29-26(25-22-14-5-3-12-20(22)21-13-4-6-15-23(21)25)28-24(27(30)31)16-18-10-7-9-17-8-1-2-11-19(17)18/h1-15,24-25H,16H2,(H,28,29)(H,30,31)/t24-/m1/s1. The van der Waals surface area contributed by atoms with E-state index in [-0.39, 0.29) is 12.3 Å².